The number of nitrogens with one attached hydrogen (secondary N) is 1. The Hall–Kier alpha value is -1.70. The quantitative estimate of drug-likeness (QED) is 0.741. The smallest absolute Gasteiger partial charge is 0.323 e. The number of amides is 2. The number of aliphatic carboxylic acids is 1. The van der Waals surface area contributed by atoms with Crippen LogP contribution in [0.1, 0.15) is 32.6 Å². The molecular formula is C13H20N2O3. The molecule has 1 aliphatic carbocycles. The van der Waals surface area contributed by atoms with Gasteiger partial charge in [0, 0.05) is 6.04 Å². The van der Waals surface area contributed by atoms with Gasteiger partial charge >= 0.3 is 12.0 Å². The highest BCUT2D eigenvalue weighted by Gasteiger charge is 2.25. The first-order chi connectivity index (χ1) is 8.54. The van der Waals surface area contributed by atoms with E-state index in [1.165, 1.54) is 6.42 Å². The van der Waals surface area contributed by atoms with E-state index < -0.39 is 5.97 Å². The number of nitrogens with zero attached hydrogens (tertiary/aromatic N) is 1. The molecular weight excluding hydrogens is 232 g/mol. The van der Waals surface area contributed by atoms with Crippen LogP contribution in [0.2, 0.25) is 0 Å². The van der Waals surface area contributed by atoms with Crippen molar-refractivity contribution in [2.24, 2.45) is 5.92 Å². The number of carboxylic acids is 1. The highest BCUT2D eigenvalue weighted by Crippen LogP contribution is 2.23. The molecule has 0 aliphatic heterocycles. The Morgan fingerprint density at radius 3 is 2.67 bits per heavy atom. The molecule has 0 heterocycles. The fourth-order valence-corrected chi connectivity index (χ4v) is 2.25. The molecule has 2 amide bonds. The second-order valence-electron chi connectivity index (χ2n) is 4.77. The fourth-order valence-electron chi connectivity index (χ4n) is 2.25. The van der Waals surface area contributed by atoms with Gasteiger partial charge < -0.3 is 15.3 Å². The van der Waals surface area contributed by atoms with E-state index in [-0.39, 0.29) is 25.2 Å². The molecule has 2 unspecified atom stereocenters. The number of hydrogen-bond acceptors (Lipinski definition) is 2. The molecule has 0 spiro atoms. The second-order valence-corrected chi connectivity index (χ2v) is 4.77. The van der Waals surface area contributed by atoms with Crippen LogP contribution in [0.15, 0.2) is 0 Å². The molecule has 1 rings (SSSR count). The first kappa shape index (κ1) is 14.4. The third kappa shape index (κ3) is 4.28. The van der Waals surface area contributed by atoms with Crippen molar-refractivity contribution in [1.29, 1.82) is 0 Å². The van der Waals surface area contributed by atoms with E-state index in [1.807, 2.05) is 0 Å². The molecule has 0 aromatic rings. The fraction of sp³-hybridized carbons (Fsp3) is 0.692. The van der Waals surface area contributed by atoms with E-state index >= 15 is 0 Å². The molecule has 0 aromatic carbocycles. The number of urea groups is 1. The van der Waals surface area contributed by atoms with Gasteiger partial charge in [0.2, 0.25) is 0 Å². The maximum Gasteiger partial charge on any atom is 0.323 e. The molecule has 0 aromatic heterocycles. The van der Waals surface area contributed by atoms with Gasteiger partial charge in [-0.15, -0.1) is 6.42 Å². The molecule has 2 atom stereocenters. The number of carboxylic acid groups (broad SMARTS) is 1. The summed E-state index contributed by atoms with van der Waals surface area (Å²) in [5.41, 5.74) is 0. The number of carbonyl (C=O) groups excluding carboxylic acids is 1. The molecule has 0 bridgehead atoms. The standard InChI is InChI=1S/C13H20N2O3/c1-3-8-15(9-12(16)17)13(18)14-11-7-5-4-6-10(11)2/h1,10-11H,4-9H2,2H3,(H,14,18)(H,16,17). The van der Waals surface area contributed by atoms with Crippen molar-refractivity contribution in [3.05, 3.63) is 0 Å². The van der Waals surface area contributed by atoms with Crippen LogP contribution in [-0.4, -0.2) is 41.1 Å². The minimum atomic E-state index is -1.06. The van der Waals surface area contributed by atoms with Crippen LogP contribution >= 0.6 is 0 Å². The minimum Gasteiger partial charge on any atom is -0.480 e. The van der Waals surface area contributed by atoms with Crippen molar-refractivity contribution >= 4 is 12.0 Å². The minimum absolute atomic E-state index is 0.0131. The monoisotopic (exact) mass is 252 g/mol. The van der Waals surface area contributed by atoms with E-state index in [9.17, 15) is 9.59 Å². The second kappa shape index (κ2) is 6.90. The molecule has 2 N–H and O–H groups in total. The summed E-state index contributed by atoms with van der Waals surface area (Å²) in [5.74, 6) is 1.68. The molecule has 1 saturated carbocycles. The van der Waals surface area contributed by atoms with Gasteiger partial charge in [0.25, 0.3) is 0 Å². The Kier molecular flexibility index (Phi) is 5.50. The Labute approximate surface area is 108 Å². The van der Waals surface area contributed by atoms with Gasteiger partial charge in [0.05, 0.1) is 6.54 Å². The predicted octanol–water partition coefficient (Wildman–Crippen LogP) is 1.29. The average molecular weight is 252 g/mol. The van der Waals surface area contributed by atoms with Crippen LogP contribution < -0.4 is 5.32 Å². The lowest BCUT2D eigenvalue weighted by Crippen LogP contribution is -2.49. The Morgan fingerprint density at radius 1 is 1.44 bits per heavy atom. The van der Waals surface area contributed by atoms with Gasteiger partial charge in [-0.2, -0.15) is 0 Å². The van der Waals surface area contributed by atoms with Crippen LogP contribution in [0.4, 0.5) is 4.79 Å². The Bertz CT molecular complexity index is 349. The molecule has 0 saturated heterocycles. The summed E-state index contributed by atoms with van der Waals surface area (Å²) in [4.78, 5) is 23.7. The van der Waals surface area contributed by atoms with Crippen molar-refractivity contribution in [1.82, 2.24) is 10.2 Å². The normalized spacial score (nSPS) is 22.9. The van der Waals surface area contributed by atoms with E-state index in [0.29, 0.717) is 5.92 Å². The predicted molar refractivity (Wildman–Crippen MR) is 68.0 cm³/mol. The highest BCUT2D eigenvalue weighted by atomic mass is 16.4. The van der Waals surface area contributed by atoms with Gasteiger partial charge in [0.15, 0.2) is 0 Å². The largest absolute Gasteiger partial charge is 0.480 e. The van der Waals surface area contributed by atoms with E-state index in [0.717, 1.165) is 24.2 Å². The van der Waals surface area contributed by atoms with Crippen LogP contribution in [-0.2, 0) is 4.79 Å². The highest BCUT2D eigenvalue weighted by molar-refractivity contribution is 5.80. The van der Waals surface area contributed by atoms with Crippen molar-refractivity contribution < 1.29 is 14.7 Å². The summed E-state index contributed by atoms with van der Waals surface area (Å²) in [6, 6.07) is -0.255. The van der Waals surface area contributed by atoms with Crippen LogP contribution in [0.3, 0.4) is 0 Å². The summed E-state index contributed by atoms with van der Waals surface area (Å²) < 4.78 is 0. The summed E-state index contributed by atoms with van der Waals surface area (Å²) >= 11 is 0. The molecule has 5 nitrogen and oxygen atoms in total. The van der Waals surface area contributed by atoms with Gasteiger partial charge in [-0.05, 0) is 18.8 Å². The van der Waals surface area contributed by atoms with Gasteiger partial charge in [0.1, 0.15) is 6.54 Å². The van der Waals surface area contributed by atoms with Gasteiger partial charge in [-0.25, -0.2) is 4.79 Å². The van der Waals surface area contributed by atoms with Crippen molar-refractivity contribution in [2.75, 3.05) is 13.1 Å². The van der Waals surface area contributed by atoms with E-state index in [1.54, 1.807) is 0 Å². The SMILES string of the molecule is C#CCN(CC(=O)O)C(=O)NC1CCCCC1C. The zero-order valence-corrected chi connectivity index (χ0v) is 10.7. The Morgan fingerprint density at radius 2 is 2.11 bits per heavy atom. The molecule has 1 aliphatic rings. The summed E-state index contributed by atoms with van der Waals surface area (Å²) in [6.45, 7) is 1.75. The van der Waals surface area contributed by atoms with E-state index in [4.69, 9.17) is 11.5 Å². The Balaban J connectivity index is 2.54. The first-order valence-electron chi connectivity index (χ1n) is 6.25. The number of rotatable bonds is 4. The summed E-state index contributed by atoms with van der Waals surface area (Å²) in [5, 5.41) is 11.6. The van der Waals surface area contributed by atoms with E-state index in [2.05, 4.69) is 18.2 Å². The van der Waals surface area contributed by atoms with Crippen molar-refractivity contribution in [3.8, 4) is 12.3 Å². The number of hydrogen-bond donors (Lipinski definition) is 2. The lowest BCUT2D eigenvalue weighted by molar-refractivity contribution is -0.137. The topological polar surface area (TPSA) is 69.6 Å². The maximum absolute atomic E-state index is 11.9. The van der Waals surface area contributed by atoms with Crippen molar-refractivity contribution in [2.45, 2.75) is 38.6 Å². The number of carbonyl (C=O) groups is 2. The summed E-state index contributed by atoms with van der Waals surface area (Å²) in [6.07, 6.45) is 9.48. The van der Waals surface area contributed by atoms with Gasteiger partial charge in [-0.3, -0.25) is 4.79 Å². The first-order valence-corrected chi connectivity index (χ1v) is 6.25. The van der Waals surface area contributed by atoms with Crippen LogP contribution in [0.5, 0.6) is 0 Å². The zero-order valence-electron chi connectivity index (χ0n) is 10.7. The van der Waals surface area contributed by atoms with Crippen LogP contribution in [0.25, 0.3) is 0 Å². The molecule has 100 valence electrons. The maximum atomic E-state index is 11.9. The molecule has 5 heteroatoms. The third-order valence-corrected chi connectivity index (χ3v) is 3.32. The average Bonchev–Trinajstić information content (AvgIpc) is 2.31. The third-order valence-electron chi connectivity index (χ3n) is 3.32. The van der Waals surface area contributed by atoms with Crippen molar-refractivity contribution in [3.63, 3.8) is 0 Å². The van der Waals surface area contributed by atoms with Crippen LogP contribution in [0, 0.1) is 18.3 Å². The summed E-state index contributed by atoms with van der Waals surface area (Å²) in [7, 11) is 0. The lowest BCUT2D eigenvalue weighted by atomic mass is 9.86. The molecule has 0 radical (unpaired) electrons. The van der Waals surface area contributed by atoms with Gasteiger partial charge in [-0.1, -0.05) is 25.7 Å². The zero-order chi connectivity index (χ0) is 13.5. The molecule has 18 heavy (non-hydrogen) atoms. The lowest BCUT2D eigenvalue weighted by Gasteiger charge is -2.31. The molecule has 1 fully saturated rings. The number of terminal acetylenes is 1.